The standard InChI is InChI=1S/C39H51N3O7/c1-36-16-6-18-38(3,30(36)14-10-23-8-12-25(20-27(23)36)40-32(45)29(22-43)41-35(48)49-5)33(46)42-34(47)39(4)19-7-17-37(2)28-21-26(44)13-9-24(28)11-15-31(37)39/h8-9,12-13,20-21,29-31,43-44H,6-7,10-11,14-19,22H2,1-5H3,(H,40,45)(H,41,48)(H,42,46,47)/t29-,30+,31+,36+,37+,38-,39-/m0/s1. The number of benzene rings is 2. The SMILES string of the molecule is COC(=O)N[C@@H](CO)C(=O)Nc1ccc2c(c1)[C@@]1(C)CCC[C@](C)(C(=O)NC(=O)[C@@]3(C)CCC[C@]4(C)c5cc(O)ccc5CC[C@@H]34)[C@@H]1CC2. The molecule has 6 rings (SSSR count). The molecule has 4 aliphatic rings. The number of aliphatic hydroxyl groups excluding tert-OH is 1. The van der Waals surface area contributed by atoms with Gasteiger partial charge in [0.2, 0.25) is 17.7 Å². The van der Waals surface area contributed by atoms with Crippen LogP contribution in [0.3, 0.4) is 0 Å². The van der Waals surface area contributed by atoms with E-state index in [1.165, 1.54) is 18.2 Å². The highest BCUT2D eigenvalue weighted by Gasteiger charge is 2.58. The maximum absolute atomic E-state index is 14.5. The predicted octanol–water partition coefficient (Wildman–Crippen LogP) is 5.41. The van der Waals surface area contributed by atoms with E-state index in [9.17, 15) is 29.4 Å². The minimum absolute atomic E-state index is 0.0276. The van der Waals surface area contributed by atoms with E-state index in [0.717, 1.165) is 62.5 Å². The quantitative estimate of drug-likeness (QED) is 0.257. The summed E-state index contributed by atoms with van der Waals surface area (Å²) in [7, 11) is 1.19. The molecule has 0 aliphatic heterocycles. The molecule has 0 aromatic heterocycles. The number of fused-ring (bicyclic) bond motifs is 6. The number of aromatic hydroxyl groups is 1. The number of methoxy groups -OCH3 is 1. The van der Waals surface area contributed by atoms with Gasteiger partial charge in [-0.1, -0.05) is 52.7 Å². The number of imide groups is 1. The second kappa shape index (κ2) is 12.8. The minimum Gasteiger partial charge on any atom is -0.508 e. The Balaban J connectivity index is 1.23. The van der Waals surface area contributed by atoms with Crippen LogP contribution in [-0.4, -0.2) is 53.8 Å². The number of carbonyl (C=O) groups is 4. The number of aliphatic hydroxyl groups is 1. The number of hydrogen-bond donors (Lipinski definition) is 5. The van der Waals surface area contributed by atoms with E-state index < -0.39 is 35.5 Å². The van der Waals surface area contributed by atoms with Gasteiger partial charge in [0.1, 0.15) is 11.8 Å². The van der Waals surface area contributed by atoms with E-state index in [1.54, 1.807) is 6.07 Å². The molecule has 0 saturated heterocycles. The number of alkyl carbamates (subject to hydrolysis) is 1. The molecule has 10 nitrogen and oxygen atoms in total. The van der Waals surface area contributed by atoms with Crippen LogP contribution in [0.4, 0.5) is 10.5 Å². The van der Waals surface area contributed by atoms with Crippen molar-refractivity contribution in [2.75, 3.05) is 19.0 Å². The van der Waals surface area contributed by atoms with Gasteiger partial charge < -0.3 is 25.6 Å². The Morgan fingerprint density at radius 2 is 1.35 bits per heavy atom. The first-order valence-electron chi connectivity index (χ1n) is 17.8. The summed E-state index contributed by atoms with van der Waals surface area (Å²) in [6.45, 7) is 7.89. The second-order valence-electron chi connectivity index (χ2n) is 15.9. The Morgan fingerprint density at radius 1 is 0.816 bits per heavy atom. The van der Waals surface area contributed by atoms with E-state index in [0.29, 0.717) is 18.5 Å². The number of rotatable bonds is 6. The van der Waals surface area contributed by atoms with Crippen LogP contribution in [-0.2, 0) is 42.8 Å². The maximum atomic E-state index is 14.5. The molecule has 2 saturated carbocycles. The molecule has 0 heterocycles. The number of carbonyl (C=O) groups excluding carboxylic acids is 4. The van der Waals surface area contributed by atoms with Gasteiger partial charge in [0, 0.05) is 5.69 Å². The van der Waals surface area contributed by atoms with Crippen molar-refractivity contribution in [3.8, 4) is 5.75 Å². The third kappa shape index (κ3) is 5.79. The van der Waals surface area contributed by atoms with Crippen LogP contribution in [0.1, 0.15) is 101 Å². The molecule has 7 atom stereocenters. The lowest BCUT2D eigenvalue weighted by atomic mass is 9.49. The van der Waals surface area contributed by atoms with Gasteiger partial charge in [0.05, 0.1) is 24.5 Å². The van der Waals surface area contributed by atoms with E-state index >= 15 is 0 Å². The van der Waals surface area contributed by atoms with Gasteiger partial charge in [-0.2, -0.15) is 0 Å². The van der Waals surface area contributed by atoms with Crippen LogP contribution < -0.4 is 16.0 Å². The van der Waals surface area contributed by atoms with Gasteiger partial charge in [-0.25, -0.2) is 4.79 Å². The van der Waals surface area contributed by atoms with Crippen molar-refractivity contribution in [1.82, 2.24) is 10.6 Å². The van der Waals surface area contributed by atoms with Crippen LogP contribution in [0.15, 0.2) is 36.4 Å². The molecule has 0 spiro atoms. The van der Waals surface area contributed by atoms with Crippen molar-refractivity contribution in [3.63, 3.8) is 0 Å². The molecular weight excluding hydrogens is 622 g/mol. The minimum atomic E-state index is -1.18. The monoisotopic (exact) mass is 673 g/mol. The molecule has 0 radical (unpaired) electrons. The number of phenolic OH excluding ortho intramolecular Hbond substituents is 1. The van der Waals surface area contributed by atoms with Crippen molar-refractivity contribution in [3.05, 3.63) is 58.7 Å². The Labute approximate surface area is 288 Å². The number of hydrogen-bond acceptors (Lipinski definition) is 7. The lowest BCUT2D eigenvalue weighted by molar-refractivity contribution is -0.150. The van der Waals surface area contributed by atoms with Crippen molar-refractivity contribution < 1.29 is 34.1 Å². The molecule has 2 fully saturated rings. The van der Waals surface area contributed by atoms with Crippen LogP contribution in [0, 0.1) is 22.7 Å². The van der Waals surface area contributed by atoms with E-state index in [4.69, 9.17) is 0 Å². The first-order valence-corrected chi connectivity index (χ1v) is 17.8. The number of ether oxygens (including phenoxy) is 1. The molecule has 0 bridgehead atoms. The van der Waals surface area contributed by atoms with Crippen molar-refractivity contribution in [1.29, 1.82) is 0 Å². The summed E-state index contributed by atoms with van der Waals surface area (Å²) < 4.78 is 4.57. The largest absolute Gasteiger partial charge is 0.508 e. The average Bonchev–Trinajstić information content (AvgIpc) is 3.07. The summed E-state index contributed by atoms with van der Waals surface area (Å²) in [5.74, 6) is -0.699. The zero-order valence-corrected chi connectivity index (χ0v) is 29.4. The number of phenols is 1. The lowest BCUT2D eigenvalue weighted by Gasteiger charge is -2.56. The fraction of sp³-hybridized carbons (Fsp3) is 0.590. The highest BCUT2D eigenvalue weighted by atomic mass is 16.5. The topological polar surface area (TPSA) is 154 Å². The molecule has 264 valence electrons. The van der Waals surface area contributed by atoms with Crippen LogP contribution in [0.2, 0.25) is 0 Å². The third-order valence-electron chi connectivity index (χ3n) is 13.2. The molecule has 5 N–H and O–H groups in total. The van der Waals surface area contributed by atoms with Crippen molar-refractivity contribution in [2.45, 2.75) is 109 Å². The molecular formula is C39H51N3O7. The van der Waals surface area contributed by atoms with E-state index in [2.05, 4.69) is 34.5 Å². The first kappa shape index (κ1) is 34.9. The highest BCUT2D eigenvalue weighted by molar-refractivity contribution is 6.01. The summed E-state index contributed by atoms with van der Waals surface area (Å²) >= 11 is 0. The van der Waals surface area contributed by atoms with Crippen LogP contribution in [0.25, 0.3) is 0 Å². The molecule has 4 amide bonds. The van der Waals surface area contributed by atoms with Crippen molar-refractivity contribution in [2.24, 2.45) is 22.7 Å². The summed E-state index contributed by atoms with van der Waals surface area (Å²) in [6, 6.07) is 10.2. The van der Waals surface area contributed by atoms with E-state index in [-0.39, 0.29) is 40.2 Å². The molecule has 0 unspecified atom stereocenters. The molecule has 49 heavy (non-hydrogen) atoms. The molecule has 4 aliphatic carbocycles. The second-order valence-corrected chi connectivity index (χ2v) is 15.9. The molecule has 10 heteroatoms. The number of anilines is 1. The zero-order chi connectivity index (χ0) is 35.4. The smallest absolute Gasteiger partial charge is 0.407 e. The van der Waals surface area contributed by atoms with Gasteiger partial charge in [-0.3, -0.25) is 19.7 Å². The average molecular weight is 674 g/mol. The Hall–Kier alpha value is -3.92. The van der Waals surface area contributed by atoms with E-state index in [1.807, 2.05) is 44.2 Å². The summed E-state index contributed by atoms with van der Waals surface area (Å²) in [5, 5.41) is 28.2. The lowest BCUT2D eigenvalue weighted by Crippen LogP contribution is -2.60. The normalized spacial score (nSPS) is 32.2. The molecule has 2 aromatic carbocycles. The van der Waals surface area contributed by atoms with Crippen LogP contribution >= 0.6 is 0 Å². The van der Waals surface area contributed by atoms with Gasteiger partial charge in [-0.15, -0.1) is 0 Å². The van der Waals surface area contributed by atoms with Gasteiger partial charge in [0.25, 0.3) is 0 Å². The number of amides is 4. The Morgan fingerprint density at radius 3 is 1.88 bits per heavy atom. The summed E-state index contributed by atoms with van der Waals surface area (Å²) in [6.07, 6.45) is 7.35. The fourth-order valence-corrected chi connectivity index (χ4v) is 10.5. The van der Waals surface area contributed by atoms with Gasteiger partial charge >= 0.3 is 6.09 Å². The summed E-state index contributed by atoms with van der Waals surface area (Å²) in [5.41, 5.74) is 3.02. The number of nitrogens with one attached hydrogen (secondary N) is 3. The fourth-order valence-electron chi connectivity index (χ4n) is 10.5. The van der Waals surface area contributed by atoms with Crippen LogP contribution in [0.5, 0.6) is 5.75 Å². The maximum Gasteiger partial charge on any atom is 0.407 e. The Bertz CT molecular complexity index is 1680. The predicted molar refractivity (Wildman–Crippen MR) is 185 cm³/mol. The highest BCUT2D eigenvalue weighted by Crippen LogP contribution is 2.59. The third-order valence-corrected chi connectivity index (χ3v) is 13.2. The number of aryl methyl sites for hydroxylation is 2. The van der Waals surface area contributed by atoms with Gasteiger partial charge in [-0.05, 0) is 121 Å². The van der Waals surface area contributed by atoms with Crippen molar-refractivity contribution >= 4 is 29.5 Å². The first-order chi connectivity index (χ1) is 23.2. The Kier molecular flexibility index (Phi) is 9.09. The zero-order valence-electron chi connectivity index (χ0n) is 29.4. The molecule has 2 aromatic rings. The summed E-state index contributed by atoms with van der Waals surface area (Å²) in [4.78, 5) is 53.4. The van der Waals surface area contributed by atoms with Gasteiger partial charge in [0.15, 0.2) is 0 Å².